The van der Waals surface area contributed by atoms with E-state index in [0.29, 0.717) is 0 Å². The number of hydrogen-bond donors (Lipinski definition) is 0. The van der Waals surface area contributed by atoms with Crippen LogP contribution in [0.15, 0.2) is 47.1 Å². The zero-order chi connectivity index (χ0) is 13.5. The molecule has 0 heterocycles. The molecule has 0 aromatic rings. The molecule has 0 aromatic heterocycles. The Morgan fingerprint density at radius 2 is 2.16 bits per heavy atom. The van der Waals surface area contributed by atoms with Crippen LogP contribution in [0.2, 0.25) is 0 Å². The van der Waals surface area contributed by atoms with E-state index in [9.17, 15) is 0 Å². The summed E-state index contributed by atoms with van der Waals surface area (Å²) in [5, 5.41) is 0. The van der Waals surface area contributed by atoms with Crippen molar-refractivity contribution in [3.8, 4) is 0 Å². The van der Waals surface area contributed by atoms with Gasteiger partial charge in [0.05, 0.1) is 0 Å². The molecule has 3 rings (SSSR count). The second-order valence-electron chi connectivity index (χ2n) is 6.77. The fourth-order valence-electron chi connectivity index (χ4n) is 4.31. The van der Waals surface area contributed by atoms with Crippen LogP contribution in [0.5, 0.6) is 0 Å². The molecule has 0 N–H and O–H groups in total. The van der Waals surface area contributed by atoms with Gasteiger partial charge in [0.15, 0.2) is 0 Å². The molecular weight excluding hydrogens is 228 g/mol. The molecule has 1 spiro atoms. The Kier molecular flexibility index (Phi) is 3.28. The van der Waals surface area contributed by atoms with Gasteiger partial charge in [-0.3, -0.25) is 0 Å². The molecule has 2 unspecified atom stereocenters. The lowest BCUT2D eigenvalue weighted by molar-refractivity contribution is 0.243. The molecule has 0 heteroatoms. The molecule has 2 fully saturated rings. The van der Waals surface area contributed by atoms with Crippen LogP contribution < -0.4 is 0 Å². The molecular formula is C19H26. The van der Waals surface area contributed by atoms with E-state index in [2.05, 4.69) is 51.2 Å². The van der Waals surface area contributed by atoms with E-state index >= 15 is 0 Å². The summed E-state index contributed by atoms with van der Waals surface area (Å²) in [6, 6.07) is 0. The molecule has 0 radical (unpaired) electrons. The molecule has 19 heavy (non-hydrogen) atoms. The third-order valence-electron chi connectivity index (χ3n) is 5.87. The van der Waals surface area contributed by atoms with Gasteiger partial charge in [-0.25, -0.2) is 0 Å². The summed E-state index contributed by atoms with van der Waals surface area (Å²) in [7, 11) is 0. The van der Waals surface area contributed by atoms with E-state index < -0.39 is 0 Å². The quantitative estimate of drug-likeness (QED) is 0.615. The highest BCUT2D eigenvalue weighted by Gasteiger charge is 2.63. The third-order valence-corrected chi connectivity index (χ3v) is 5.87. The van der Waals surface area contributed by atoms with E-state index in [1.54, 1.807) is 11.1 Å². The van der Waals surface area contributed by atoms with E-state index in [1.165, 1.54) is 31.3 Å². The lowest BCUT2D eigenvalue weighted by Crippen LogP contribution is -2.16. The van der Waals surface area contributed by atoms with Crippen molar-refractivity contribution in [1.29, 1.82) is 0 Å². The van der Waals surface area contributed by atoms with Crippen molar-refractivity contribution < 1.29 is 0 Å². The minimum Gasteiger partial charge on any atom is -0.0874 e. The number of allylic oxidation sites excluding steroid dienone is 8. The molecule has 3 aliphatic rings. The highest BCUT2D eigenvalue weighted by atomic mass is 14.7. The fraction of sp³-hybridized carbons (Fsp3) is 0.579. The lowest BCUT2D eigenvalue weighted by atomic mass is 9.77. The molecule has 0 nitrogen and oxygen atoms in total. The van der Waals surface area contributed by atoms with Crippen LogP contribution >= 0.6 is 0 Å². The molecule has 102 valence electrons. The zero-order valence-corrected chi connectivity index (χ0v) is 12.6. The van der Waals surface area contributed by atoms with Crippen molar-refractivity contribution in [2.45, 2.75) is 52.9 Å². The maximum Gasteiger partial charge on any atom is -0.00642 e. The summed E-state index contributed by atoms with van der Waals surface area (Å²) < 4.78 is 0. The van der Waals surface area contributed by atoms with Crippen molar-refractivity contribution in [2.75, 3.05) is 0 Å². The van der Waals surface area contributed by atoms with Crippen LogP contribution in [0.25, 0.3) is 0 Å². The van der Waals surface area contributed by atoms with E-state index in [-0.39, 0.29) is 0 Å². The normalized spacial score (nSPS) is 32.5. The van der Waals surface area contributed by atoms with Gasteiger partial charge in [-0.2, -0.15) is 0 Å². The van der Waals surface area contributed by atoms with Crippen molar-refractivity contribution in [3.05, 3.63) is 47.1 Å². The van der Waals surface area contributed by atoms with Crippen molar-refractivity contribution in [2.24, 2.45) is 17.3 Å². The first kappa shape index (κ1) is 13.0. The van der Waals surface area contributed by atoms with Gasteiger partial charge >= 0.3 is 0 Å². The topological polar surface area (TPSA) is 0 Å². The summed E-state index contributed by atoms with van der Waals surface area (Å²) in [5.74, 6) is 1.94. The van der Waals surface area contributed by atoms with Gasteiger partial charge < -0.3 is 0 Å². The van der Waals surface area contributed by atoms with Crippen molar-refractivity contribution >= 4 is 0 Å². The summed E-state index contributed by atoms with van der Waals surface area (Å²) >= 11 is 0. The monoisotopic (exact) mass is 254 g/mol. The Balaban J connectivity index is 1.70. The Hall–Kier alpha value is -1.04. The maximum absolute atomic E-state index is 2.48. The van der Waals surface area contributed by atoms with Crippen molar-refractivity contribution in [3.63, 3.8) is 0 Å². The summed E-state index contributed by atoms with van der Waals surface area (Å²) in [4.78, 5) is 0. The van der Waals surface area contributed by atoms with Gasteiger partial charge in [-0.05, 0) is 67.9 Å². The average molecular weight is 254 g/mol. The van der Waals surface area contributed by atoms with E-state index in [1.807, 2.05) is 0 Å². The molecule has 0 amide bonds. The molecule has 0 aliphatic heterocycles. The fourth-order valence-corrected chi connectivity index (χ4v) is 4.31. The number of rotatable bonds is 3. The third kappa shape index (κ3) is 2.16. The standard InChI is InChI=1S/C19H26/c1-4-7-16-8-5-9-17(14(2)12-16)13-18-15(3)19(18)10-6-11-19/h4-5,7-9,15,18H,6,10-13H2,1-3H3. The smallest absolute Gasteiger partial charge is 0.00642 e. The number of hydrogen-bond acceptors (Lipinski definition) is 0. The first-order valence-corrected chi connectivity index (χ1v) is 7.86. The van der Waals surface area contributed by atoms with Gasteiger partial charge in [0.2, 0.25) is 0 Å². The summed E-state index contributed by atoms with van der Waals surface area (Å²) in [6.45, 7) is 6.90. The molecule has 2 atom stereocenters. The molecule has 0 saturated heterocycles. The predicted molar refractivity (Wildman–Crippen MR) is 82.9 cm³/mol. The minimum atomic E-state index is 0.771. The van der Waals surface area contributed by atoms with Gasteiger partial charge in [-0.15, -0.1) is 0 Å². The Morgan fingerprint density at radius 3 is 2.74 bits per heavy atom. The predicted octanol–water partition coefficient (Wildman–Crippen LogP) is 5.59. The highest BCUT2D eigenvalue weighted by Crippen LogP contribution is 2.71. The lowest BCUT2D eigenvalue weighted by Gasteiger charge is -2.28. The SMILES string of the molecule is CC=CC1=CC=CC(CC2C(C)C23CCC3)=C(C)C1. The van der Waals surface area contributed by atoms with Crippen LogP contribution in [0.4, 0.5) is 0 Å². The summed E-state index contributed by atoms with van der Waals surface area (Å²) in [6.07, 6.45) is 18.2. The minimum absolute atomic E-state index is 0.771. The molecule has 0 aromatic carbocycles. The first-order chi connectivity index (χ1) is 9.17. The zero-order valence-electron chi connectivity index (χ0n) is 12.6. The van der Waals surface area contributed by atoms with Crippen LogP contribution in [0.3, 0.4) is 0 Å². The van der Waals surface area contributed by atoms with Crippen LogP contribution in [0, 0.1) is 17.3 Å². The van der Waals surface area contributed by atoms with Crippen LogP contribution in [-0.4, -0.2) is 0 Å². The summed E-state index contributed by atoms with van der Waals surface area (Å²) in [5.41, 5.74) is 5.39. The Bertz CT molecular complexity index is 480. The highest BCUT2D eigenvalue weighted by molar-refractivity contribution is 5.39. The average Bonchev–Trinajstić information content (AvgIpc) is 2.96. The maximum atomic E-state index is 2.48. The van der Waals surface area contributed by atoms with Gasteiger partial charge in [0, 0.05) is 0 Å². The molecule has 0 bridgehead atoms. The van der Waals surface area contributed by atoms with Crippen LogP contribution in [0.1, 0.15) is 52.9 Å². The largest absolute Gasteiger partial charge is 0.0874 e. The van der Waals surface area contributed by atoms with Crippen LogP contribution in [-0.2, 0) is 0 Å². The molecule has 2 saturated carbocycles. The van der Waals surface area contributed by atoms with E-state index in [0.717, 1.165) is 23.7 Å². The second-order valence-corrected chi connectivity index (χ2v) is 6.77. The Labute approximate surface area is 118 Å². The first-order valence-electron chi connectivity index (χ1n) is 7.86. The van der Waals surface area contributed by atoms with E-state index in [4.69, 9.17) is 0 Å². The Morgan fingerprint density at radius 1 is 1.37 bits per heavy atom. The van der Waals surface area contributed by atoms with Gasteiger partial charge in [0.25, 0.3) is 0 Å². The second kappa shape index (κ2) is 4.81. The molecule has 3 aliphatic carbocycles. The van der Waals surface area contributed by atoms with Crippen molar-refractivity contribution in [1.82, 2.24) is 0 Å². The van der Waals surface area contributed by atoms with Gasteiger partial charge in [0.1, 0.15) is 0 Å². The van der Waals surface area contributed by atoms with Gasteiger partial charge in [-0.1, -0.05) is 49.3 Å².